The Morgan fingerprint density at radius 2 is 1.76 bits per heavy atom. The van der Waals surface area contributed by atoms with Crippen molar-refractivity contribution in [1.82, 2.24) is 4.31 Å². The molecule has 5 nitrogen and oxygen atoms in total. The number of para-hydroxylation sites is 1. The first-order chi connectivity index (χ1) is 12.1. The van der Waals surface area contributed by atoms with Crippen molar-refractivity contribution in [2.24, 2.45) is 0 Å². The van der Waals surface area contributed by atoms with Crippen LogP contribution in [0.4, 0.5) is 10.1 Å². The Morgan fingerprint density at radius 1 is 1.00 bits per heavy atom. The molecule has 1 fully saturated rings. The van der Waals surface area contributed by atoms with Gasteiger partial charge in [-0.25, -0.2) is 12.8 Å². The van der Waals surface area contributed by atoms with E-state index in [1.807, 2.05) is 4.90 Å². The summed E-state index contributed by atoms with van der Waals surface area (Å²) < 4.78 is 46.6. The molecule has 0 bridgehead atoms. The first kappa shape index (κ1) is 16.4. The van der Waals surface area contributed by atoms with Crippen molar-refractivity contribution < 1.29 is 17.5 Å². The summed E-state index contributed by atoms with van der Waals surface area (Å²) >= 11 is 0. The zero-order chi connectivity index (χ0) is 17.4. The summed E-state index contributed by atoms with van der Waals surface area (Å²) in [6.45, 7) is 2.21. The molecule has 2 aromatic carbocycles. The van der Waals surface area contributed by atoms with Crippen molar-refractivity contribution in [1.29, 1.82) is 0 Å². The van der Waals surface area contributed by atoms with Gasteiger partial charge in [0.15, 0.2) is 0 Å². The lowest BCUT2D eigenvalue weighted by Gasteiger charge is -2.35. The number of hydrogen-bond donors (Lipinski definition) is 0. The first-order valence-electron chi connectivity index (χ1n) is 8.31. The number of benzene rings is 2. The zero-order valence-corrected chi connectivity index (χ0v) is 14.5. The Morgan fingerprint density at radius 3 is 2.52 bits per heavy atom. The summed E-state index contributed by atoms with van der Waals surface area (Å²) in [5, 5.41) is 0. The number of anilines is 1. The Kier molecular flexibility index (Phi) is 4.13. The van der Waals surface area contributed by atoms with E-state index in [4.69, 9.17) is 4.74 Å². The van der Waals surface area contributed by atoms with Crippen LogP contribution >= 0.6 is 0 Å². The second-order valence-corrected chi connectivity index (χ2v) is 8.15. The molecule has 2 aliphatic heterocycles. The molecule has 1 saturated heterocycles. The zero-order valence-electron chi connectivity index (χ0n) is 13.7. The molecule has 0 spiro atoms. The average Bonchev–Trinajstić information content (AvgIpc) is 3.10. The molecule has 0 radical (unpaired) electrons. The van der Waals surface area contributed by atoms with E-state index in [1.54, 1.807) is 36.4 Å². The lowest BCUT2D eigenvalue weighted by molar-refractivity contribution is 0.356. The van der Waals surface area contributed by atoms with E-state index in [0.29, 0.717) is 43.4 Å². The highest BCUT2D eigenvalue weighted by molar-refractivity contribution is 7.89. The van der Waals surface area contributed by atoms with Gasteiger partial charge in [0, 0.05) is 32.6 Å². The number of hydrogen-bond acceptors (Lipinski definition) is 4. The predicted molar refractivity (Wildman–Crippen MR) is 93.0 cm³/mol. The molecular formula is C18H19FN2O3S. The maximum absolute atomic E-state index is 13.9. The minimum Gasteiger partial charge on any atom is -0.493 e. The third-order valence-electron chi connectivity index (χ3n) is 4.73. The van der Waals surface area contributed by atoms with Crippen LogP contribution in [-0.2, 0) is 16.4 Å². The van der Waals surface area contributed by atoms with Gasteiger partial charge in [-0.05, 0) is 35.9 Å². The highest BCUT2D eigenvalue weighted by atomic mass is 32.2. The second kappa shape index (κ2) is 6.31. The molecule has 0 aromatic heterocycles. The minimum absolute atomic E-state index is 0.280. The van der Waals surface area contributed by atoms with Crippen molar-refractivity contribution in [2.75, 3.05) is 37.7 Å². The molecule has 0 amide bonds. The van der Waals surface area contributed by atoms with Crippen molar-refractivity contribution in [3.05, 3.63) is 53.8 Å². The fourth-order valence-electron chi connectivity index (χ4n) is 3.35. The van der Waals surface area contributed by atoms with E-state index >= 15 is 0 Å². The molecule has 0 N–H and O–H groups in total. The third-order valence-corrected chi connectivity index (χ3v) is 6.63. The summed E-state index contributed by atoms with van der Waals surface area (Å²) in [4.78, 5) is 2.19. The van der Waals surface area contributed by atoms with E-state index in [0.717, 1.165) is 17.7 Å². The van der Waals surface area contributed by atoms with Crippen LogP contribution < -0.4 is 9.64 Å². The van der Waals surface area contributed by atoms with E-state index in [2.05, 4.69) is 0 Å². The normalized spacial score (nSPS) is 18.0. The summed E-state index contributed by atoms with van der Waals surface area (Å²) in [5.41, 5.74) is 1.46. The van der Waals surface area contributed by atoms with E-state index in [9.17, 15) is 12.8 Å². The van der Waals surface area contributed by atoms with Crippen LogP contribution in [0, 0.1) is 5.82 Å². The monoisotopic (exact) mass is 362 g/mol. The third kappa shape index (κ3) is 2.98. The molecule has 4 rings (SSSR count). The lowest BCUT2D eigenvalue weighted by atomic mass is 10.2. The van der Waals surface area contributed by atoms with Gasteiger partial charge >= 0.3 is 0 Å². The van der Waals surface area contributed by atoms with Crippen LogP contribution in [0.1, 0.15) is 5.56 Å². The van der Waals surface area contributed by atoms with Gasteiger partial charge in [-0.3, -0.25) is 0 Å². The van der Waals surface area contributed by atoms with E-state index < -0.39 is 10.0 Å². The molecule has 7 heteroatoms. The van der Waals surface area contributed by atoms with Crippen molar-refractivity contribution in [3.63, 3.8) is 0 Å². The second-order valence-electron chi connectivity index (χ2n) is 6.21. The van der Waals surface area contributed by atoms with Crippen LogP contribution in [0.5, 0.6) is 5.75 Å². The van der Waals surface area contributed by atoms with Crippen molar-refractivity contribution in [3.8, 4) is 5.75 Å². The van der Waals surface area contributed by atoms with Crippen LogP contribution in [0.2, 0.25) is 0 Å². The van der Waals surface area contributed by atoms with E-state index in [1.165, 1.54) is 10.4 Å². The fraction of sp³-hybridized carbons (Fsp3) is 0.333. The first-order valence-corrected chi connectivity index (χ1v) is 9.75. The van der Waals surface area contributed by atoms with Gasteiger partial charge in [0.05, 0.1) is 17.2 Å². The average molecular weight is 362 g/mol. The quantitative estimate of drug-likeness (QED) is 0.841. The maximum atomic E-state index is 13.9. The molecule has 0 atom stereocenters. The van der Waals surface area contributed by atoms with E-state index in [-0.39, 0.29) is 5.82 Å². The SMILES string of the molecule is O=S(=O)(c1ccc2c(c1)CCO2)N1CCN(c2ccccc2F)CC1. The Bertz CT molecular complexity index is 893. The van der Waals surface area contributed by atoms with Crippen molar-refractivity contribution in [2.45, 2.75) is 11.3 Å². The summed E-state index contributed by atoms with van der Waals surface area (Å²) in [6.07, 6.45) is 0.736. The molecular weight excluding hydrogens is 343 g/mol. The summed E-state index contributed by atoms with van der Waals surface area (Å²) in [7, 11) is -3.54. The van der Waals surface area contributed by atoms with Crippen LogP contribution in [-0.4, -0.2) is 45.5 Å². The number of ether oxygens (including phenoxy) is 1. The summed E-state index contributed by atoms with van der Waals surface area (Å²) in [5.74, 6) is 0.487. The number of sulfonamides is 1. The lowest BCUT2D eigenvalue weighted by Crippen LogP contribution is -2.48. The topological polar surface area (TPSA) is 49.9 Å². The van der Waals surface area contributed by atoms with Gasteiger partial charge in [-0.15, -0.1) is 0 Å². The fourth-order valence-corrected chi connectivity index (χ4v) is 4.82. The van der Waals surface area contributed by atoms with Crippen LogP contribution in [0.3, 0.4) is 0 Å². The largest absolute Gasteiger partial charge is 0.493 e. The smallest absolute Gasteiger partial charge is 0.243 e. The number of piperazine rings is 1. The van der Waals surface area contributed by atoms with Gasteiger partial charge in [-0.2, -0.15) is 4.31 Å². The number of fused-ring (bicyclic) bond motifs is 1. The molecule has 2 heterocycles. The Balaban J connectivity index is 1.51. The van der Waals surface area contributed by atoms with Gasteiger partial charge in [0.2, 0.25) is 10.0 Å². The summed E-state index contributed by atoms with van der Waals surface area (Å²) in [6, 6.07) is 11.6. The van der Waals surface area contributed by atoms with Gasteiger partial charge in [0.1, 0.15) is 11.6 Å². The molecule has 132 valence electrons. The highest BCUT2D eigenvalue weighted by Crippen LogP contribution is 2.29. The van der Waals surface area contributed by atoms with Crippen molar-refractivity contribution >= 4 is 15.7 Å². The predicted octanol–water partition coefficient (Wildman–Crippen LogP) is 2.27. The Labute approximate surface area is 146 Å². The molecule has 0 aliphatic carbocycles. The van der Waals surface area contributed by atoms with Crippen LogP contribution in [0.15, 0.2) is 47.4 Å². The molecule has 0 unspecified atom stereocenters. The maximum Gasteiger partial charge on any atom is 0.243 e. The van der Waals surface area contributed by atoms with Gasteiger partial charge < -0.3 is 9.64 Å². The molecule has 25 heavy (non-hydrogen) atoms. The standard InChI is InChI=1S/C18H19FN2O3S/c19-16-3-1-2-4-17(16)20-8-10-21(11-9-20)25(22,23)15-5-6-18-14(13-15)7-12-24-18/h1-6,13H,7-12H2. The number of rotatable bonds is 3. The molecule has 2 aliphatic rings. The molecule has 0 saturated carbocycles. The van der Waals surface area contributed by atoms with Crippen LogP contribution in [0.25, 0.3) is 0 Å². The van der Waals surface area contributed by atoms with Gasteiger partial charge in [-0.1, -0.05) is 12.1 Å². The number of nitrogens with zero attached hydrogens (tertiary/aromatic N) is 2. The Hall–Kier alpha value is -2.12. The van der Waals surface area contributed by atoms with Gasteiger partial charge in [0.25, 0.3) is 0 Å². The number of halogens is 1. The minimum atomic E-state index is -3.54. The molecule has 2 aromatic rings. The highest BCUT2D eigenvalue weighted by Gasteiger charge is 2.30.